The minimum Gasteiger partial charge on any atom is -0.356 e. The summed E-state index contributed by atoms with van der Waals surface area (Å²) in [7, 11) is 5.78. The third-order valence-corrected chi connectivity index (χ3v) is 5.94. The van der Waals surface area contributed by atoms with Gasteiger partial charge >= 0.3 is 0 Å². The second-order valence-electron chi connectivity index (χ2n) is 4.87. The molecule has 0 saturated heterocycles. The van der Waals surface area contributed by atoms with Crippen LogP contribution < -0.4 is 15.5 Å². The number of thiazole rings is 2. The lowest BCUT2D eigenvalue weighted by Gasteiger charge is -2.10. The molecule has 0 aliphatic rings. The van der Waals surface area contributed by atoms with Gasteiger partial charge in [0.2, 0.25) is 0 Å². The first-order valence-electron chi connectivity index (χ1n) is 7.27. The van der Waals surface area contributed by atoms with Gasteiger partial charge < -0.3 is 15.5 Å². The maximum absolute atomic E-state index is 4.54. The van der Waals surface area contributed by atoms with Gasteiger partial charge in [-0.25, -0.2) is 9.97 Å². The largest absolute Gasteiger partial charge is 0.356 e. The number of hydrogen-bond donors (Lipinski definition) is 2. The molecule has 0 spiro atoms. The fourth-order valence-corrected chi connectivity index (χ4v) is 4.10. The van der Waals surface area contributed by atoms with Crippen molar-refractivity contribution in [2.24, 2.45) is 4.99 Å². The summed E-state index contributed by atoms with van der Waals surface area (Å²) in [6.07, 6.45) is 2.91. The number of nitrogens with one attached hydrogen (secondary N) is 2. The Morgan fingerprint density at radius 2 is 2.17 bits per heavy atom. The summed E-state index contributed by atoms with van der Waals surface area (Å²) in [5.74, 6) is 1.86. The lowest BCUT2D eigenvalue weighted by Crippen LogP contribution is -2.37. The summed E-state index contributed by atoms with van der Waals surface area (Å²) < 4.78 is 1.13. The molecule has 0 aliphatic heterocycles. The zero-order valence-electron chi connectivity index (χ0n) is 14.0. The molecule has 0 aliphatic carbocycles. The average Bonchev–Trinajstić information content (AvgIpc) is 3.21. The molecule has 0 unspecified atom stereocenters. The van der Waals surface area contributed by atoms with Crippen molar-refractivity contribution in [1.82, 2.24) is 20.6 Å². The molecular weight excluding hydrogens is 475 g/mol. The first-order chi connectivity index (χ1) is 11.2. The van der Waals surface area contributed by atoms with Crippen LogP contribution in [0.4, 0.5) is 5.13 Å². The molecule has 24 heavy (non-hydrogen) atoms. The highest BCUT2D eigenvalue weighted by Crippen LogP contribution is 2.20. The minimum atomic E-state index is 0. The standard InChI is InChI=1S/C14H22N6S3.HI/c1-15-12(16-5-4-7-21-14-17-6-8-22-14)18-9-11-10-23-13(19-11)20(2)3;/h6,8,10H,4-5,7,9H2,1-3H3,(H2,15,16,18);1H. The summed E-state index contributed by atoms with van der Waals surface area (Å²) in [4.78, 5) is 15.1. The van der Waals surface area contributed by atoms with Crippen molar-refractivity contribution >= 4 is 69.5 Å². The van der Waals surface area contributed by atoms with Gasteiger partial charge in [-0.15, -0.1) is 46.7 Å². The summed E-state index contributed by atoms with van der Waals surface area (Å²) >= 11 is 5.13. The molecule has 0 aromatic carbocycles. The number of aromatic nitrogens is 2. The number of hydrogen-bond acceptors (Lipinski definition) is 7. The zero-order valence-corrected chi connectivity index (χ0v) is 18.8. The molecular formula is C14H23IN6S3. The highest BCUT2D eigenvalue weighted by atomic mass is 127. The molecule has 10 heteroatoms. The topological polar surface area (TPSA) is 65.4 Å². The average molecular weight is 498 g/mol. The van der Waals surface area contributed by atoms with Gasteiger partial charge in [-0.05, 0) is 6.42 Å². The summed E-state index contributed by atoms with van der Waals surface area (Å²) in [5, 5.41) is 11.7. The van der Waals surface area contributed by atoms with Gasteiger partial charge in [-0.1, -0.05) is 11.8 Å². The number of guanidine groups is 1. The van der Waals surface area contributed by atoms with E-state index in [0.717, 1.165) is 39.8 Å². The van der Waals surface area contributed by atoms with E-state index in [2.05, 4.69) is 31.0 Å². The van der Waals surface area contributed by atoms with Crippen LogP contribution in [0.1, 0.15) is 12.1 Å². The smallest absolute Gasteiger partial charge is 0.191 e. The molecule has 0 fully saturated rings. The Balaban J connectivity index is 0.00000288. The molecule has 2 aromatic heterocycles. The molecule has 0 radical (unpaired) electrons. The summed E-state index contributed by atoms with van der Waals surface area (Å²) in [6, 6.07) is 0. The van der Waals surface area contributed by atoms with Crippen LogP contribution in [-0.2, 0) is 6.54 Å². The van der Waals surface area contributed by atoms with Gasteiger partial charge in [0.15, 0.2) is 11.1 Å². The monoisotopic (exact) mass is 498 g/mol. The van der Waals surface area contributed by atoms with E-state index in [1.165, 1.54) is 0 Å². The minimum absolute atomic E-state index is 0. The number of thioether (sulfide) groups is 1. The van der Waals surface area contributed by atoms with E-state index in [1.54, 1.807) is 41.5 Å². The predicted molar refractivity (Wildman–Crippen MR) is 118 cm³/mol. The lowest BCUT2D eigenvalue weighted by molar-refractivity contribution is 0.778. The van der Waals surface area contributed by atoms with Crippen molar-refractivity contribution in [3.05, 3.63) is 22.7 Å². The van der Waals surface area contributed by atoms with Crippen molar-refractivity contribution in [2.75, 3.05) is 38.3 Å². The fraction of sp³-hybridized carbons (Fsp3) is 0.500. The Bertz CT molecular complexity index is 599. The third kappa shape index (κ3) is 7.53. The molecule has 0 saturated carbocycles. The second kappa shape index (κ2) is 11.9. The number of aliphatic imine (C=N–C) groups is 1. The van der Waals surface area contributed by atoms with Crippen LogP contribution in [0.15, 0.2) is 26.3 Å². The normalized spacial score (nSPS) is 11.0. The van der Waals surface area contributed by atoms with E-state index in [1.807, 2.05) is 30.6 Å². The van der Waals surface area contributed by atoms with E-state index in [-0.39, 0.29) is 24.0 Å². The molecule has 2 N–H and O–H groups in total. The van der Waals surface area contributed by atoms with Crippen molar-refractivity contribution < 1.29 is 0 Å². The number of anilines is 1. The van der Waals surface area contributed by atoms with Crippen molar-refractivity contribution in [3.8, 4) is 0 Å². The third-order valence-electron chi connectivity index (χ3n) is 2.83. The van der Waals surface area contributed by atoms with Crippen molar-refractivity contribution in [1.29, 1.82) is 0 Å². The number of halogens is 1. The molecule has 0 amide bonds. The lowest BCUT2D eigenvalue weighted by atomic mass is 10.4. The molecule has 0 bridgehead atoms. The van der Waals surface area contributed by atoms with Gasteiger partial charge in [0.25, 0.3) is 0 Å². The van der Waals surface area contributed by atoms with E-state index in [4.69, 9.17) is 0 Å². The molecule has 6 nitrogen and oxygen atoms in total. The fourth-order valence-electron chi connectivity index (χ4n) is 1.70. The highest BCUT2D eigenvalue weighted by Gasteiger charge is 2.04. The van der Waals surface area contributed by atoms with Crippen LogP contribution in [-0.4, -0.2) is 49.4 Å². The van der Waals surface area contributed by atoms with Crippen molar-refractivity contribution in [2.45, 2.75) is 17.3 Å². The quantitative estimate of drug-likeness (QED) is 0.192. The van der Waals surface area contributed by atoms with Crippen LogP contribution in [0.25, 0.3) is 0 Å². The Kier molecular flexibility index (Phi) is 10.6. The first kappa shape index (κ1) is 21.5. The maximum atomic E-state index is 4.54. The van der Waals surface area contributed by atoms with Gasteiger partial charge in [-0.3, -0.25) is 4.99 Å². The van der Waals surface area contributed by atoms with E-state index in [0.29, 0.717) is 6.54 Å². The Labute approximate surface area is 172 Å². The summed E-state index contributed by atoms with van der Waals surface area (Å²) in [5.41, 5.74) is 1.03. The molecule has 2 aromatic rings. The Hall–Kier alpha value is -0.590. The Morgan fingerprint density at radius 3 is 2.79 bits per heavy atom. The van der Waals surface area contributed by atoms with E-state index >= 15 is 0 Å². The zero-order chi connectivity index (χ0) is 16.5. The van der Waals surface area contributed by atoms with E-state index < -0.39 is 0 Å². The van der Waals surface area contributed by atoms with Crippen molar-refractivity contribution in [3.63, 3.8) is 0 Å². The SMILES string of the molecule is CN=C(NCCCSc1nccs1)NCc1csc(N(C)C)n1.I. The second-order valence-corrected chi connectivity index (χ2v) is 7.94. The number of rotatable bonds is 8. The van der Waals surface area contributed by atoms with Crippen LogP contribution in [0, 0.1) is 0 Å². The van der Waals surface area contributed by atoms with Crippen LogP contribution in [0.5, 0.6) is 0 Å². The predicted octanol–water partition coefficient (Wildman–Crippen LogP) is 3.13. The molecule has 2 heterocycles. The van der Waals surface area contributed by atoms with Gasteiger partial charge in [-0.2, -0.15) is 0 Å². The highest BCUT2D eigenvalue weighted by molar-refractivity contribution is 14.0. The molecule has 134 valence electrons. The van der Waals surface area contributed by atoms with Gasteiger partial charge in [0.1, 0.15) is 4.34 Å². The Morgan fingerprint density at radius 1 is 1.33 bits per heavy atom. The number of nitrogens with zero attached hydrogens (tertiary/aromatic N) is 4. The van der Waals surface area contributed by atoms with E-state index in [9.17, 15) is 0 Å². The van der Waals surface area contributed by atoms with Crippen LogP contribution >= 0.6 is 58.4 Å². The maximum Gasteiger partial charge on any atom is 0.191 e. The van der Waals surface area contributed by atoms with Crippen LogP contribution in [0.3, 0.4) is 0 Å². The van der Waals surface area contributed by atoms with Gasteiger partial charge in [0.05, 0.1) is 12.2 Å². The summed E-state index contributed by atoms with van der Waals surface area (Å²) in [6.45, 7) is 1.57. The molecule has 2 rings (SSSR count). The first-order valence-corrected chi connectivity index (χ1v) is 10.0. The van der Waals surface area contributed by atoms with Gasteiger partial charge in [0, 0.05) is 50.4 Å². The van der Waals surface area contributed by atoms with Crippen LogP contribution in [0.2, 0.25) is 0 Å². The molecule has 0 atom stereocenters.